The van der Waals surface area contributed by atoms with Gasteiger partial charge >= 0.3 is 0 Å². The van der Waals surface area contributed by atoms with Crippen molar-refractivity contribution in [1.29, 1.82) is 0 Å². The Hall–Kier alpha value is -1.49. The third-order valence-electron chi connectivity index (χ3n) is 2.87. The zero-order chi connectivity index (χ0) is 12.4. The summed E-state index contributed by atoms with van der Waals surface area (Å²) in [6.07, 6.45) is 2.27. The Morgan fingerprint density at radius 2 is 2.12 bits per heavy atom. The summed E-state index contributed by atoms with van der Waals surface area (Å²) in [5, 5.41) is 2.98. The van der Waals surface area contributed by atoms with Crippen LogP contribution < -0.4 is 11.1 Å². The minimum atomic E-state index is -0.970. The topological polar surface area (TPSA) is 55.1 Å². The second-order valence-electron chi connectivity index (χ2n) is 4.36. The highest BCUT2D eigenvalue weighted by Gasteiger charge is 2.25. The minimum absolute atomic E-state index is 0.358. The number of primary amides is 1. The summed E-state index contributed by atoms with van der Waals surface area (Å²) in [4.78, 5) is 11.3. The highest BCUT2D eigenvalue weighted by atomic mass is 19.2. The Kier molecular flexibility index (Phi) is 3.38. The van der Waals surface area contributed by atoms with Crippen molar-refractivity contribution in [3.63, 3.8) is 0 Å². The molecule has 1 atom stereocenters. The van der Waals surface area contributed by atoms with E-state index in [0.29, 0.717) is 18.0 Å². The van der Waals surface area contributed by atoms with E-state index < -0.39 is 23.6 Å². The van der Waals surface area contributed by atoms with E-state index in [9.17, 15) is 13.6 Å². The molecule has 0 aromatic heterocycles. The summed E-state index contributed by atoms with van der Waals surface area (Å²) < 4.78 is 25.8. The van der Waals surface area contributed by atoms with E-state index in [1.165, 1.54) is 6.07 Å². The molecule has 1 aromatic carbocycles. The van der Waals surface area contributed by atoms with Gasteiger partial charge in [-0.25, -0.2) is 8.78 Å². The van der Waals surface area contributed by atoms with Gasteiger partial charge in [0, 0.05) is 0 Å². The number of amides is 1. The fourth-order valence-corrected chi connectivity index (χ4v) is 1.68. The van der Waals surface area contributed by atoms with Crippen LogP contribution in [0.15, 0.2) is 18.2 Å². The maximum absolute atomic E-state index is 13.1. The van der Waals surface area contributed by atoms with Crippen LogP contribution in [0.1, 0.15) is 24.4 Å². The zero-order valence-electron chi connectivity index (χ0n) is 9.25. The largest absolute Gasteiger partial charge is 0.368 e. The molecule has 1 aromatic rings. The van der Waals surface area contributed by atoms with Crippen LogP contribution in [0.25, 0.3) is 0 Å². The highest BCUT2D eigenvalue weighted by molar-refractivity contribution is 5.81. The van der Waals surface area contributed by atoms with E-state index in [1.807, 2.05) is 0 Å². The lowest BCUT2D eigenvalue weighted by Crippen LogP contribution is -2.34. The first kappa shape index (κ1) is 12.0. The van der Waals surface area contributed by atoms with Gasteiger partial charge < -0.3 is 11.1 Å². The van der Waals surface area contributed by atoms with Gasteiger partial charge in [0.25, 0.3) is 0 Å². The zero-order valence-corrected chi connectivity index (χ0v) is 9.25. The summed E-state index contributed by atoms with van der Waals surface area (Å²) in [5.41, 5.74) is 5.60. The molecule has 3 nitrogen and oxygen atoms in total. The molecular weight excluding hydrogens is 226 g/mol. The molecule has 1 amide bonds. The molecular formula is C12H14F2N2O. The Bertz CT molecular complexity index is 433. The van der Waals surface area contributed by atoms with Gasteiger partial charge in [0.2, 0.25) is 5.91 Å². The van der Waals surface area contributed by atoms with Crippen molar-refractivity contribution in [1.82, 2.24) is 5.32 Å². The van der Waals surface area contributed by atoms with Crippen molar-refractivity contribution in [2.24, 2.45) is 11.7 Å². The van der Waals surface area contributed by atoms with E-state index in [4.69, 9.17) is 5.73 Å². The van der Waals surface area contributed by atoms with Gasteiger partial charge in [0.1, 0.15) is 6.04 Å². The summed E-state index contributed by atoms with van der Waals surface area (Å²) >= 11 is 0. The van der Waals surface area contributed by atoms with Crippen molar-refractivity contribution in [3.8, 4) is 0 Å². The third-order valence-corrected chi connectivity index (χ3v) is 2.87. The molecule has 17 heavy (non-hydrogen) atoms. The molecule has 0 bridgehead atoms. The first-order valence-electron chi connectivity index (χ1n) is 5.55. The van der Waals surface area contributed by atoms with Gasteiger partial charge in [-0.3, -0.25) is 4.79 Å². The molecule has 1 aliphatic carbocycles. The Morgan fingerprint density at radius 3 is 2.65 bits per heavy atom. The quantitative estimate of drug-likeness (QED) is 0.819. The predicted molar refractivity (Wildman–Crippen MR) is 59.0 cm³/mol. The average Bonchev–Trinajstić information content (AvgIpc) is 3.07. The van der Waals surface area contributed by atoms with Crippen molar-refractivity contribution in [2.45, 2.75) is 18.9 Å². The van der Waals surface area contributed by atoms with Crippen molar-refractivity contribution in [3.05, 3.63) is 35.4 Å². The molecule has 1 unspecified atom stereocenters. The minimum Gasteiger partial charge on any atom is -0.368 e. The van der Waals surface area contributed by atoms with Crippen LogP contribution in [0.5, 0.6) is 0 Å². The molecule has 92 valence electrons. The molecule has 0 spiro atoms. The molecule has 0 saturated heterocycles. The van der Waals surface area contributed by atoms with Gasteiger partial charge in [-0.1, -0.05) is 6.07 Å². The van der Waals surface area contributed by atoms with Crippen molar-refractivity contribution < 1.29 is 13.6 Å². The lowest BCUT2D eigenvalue weighted by atomic mass is 10.1. The van der Waals surface area contributed by atoms with Crippen LogP contribution in [-0.4, -0.2) is 12.5 Å². The van der Waals surface area contributed by atoms with Crippen LogP contribution in [0.2, 0.25) is 0 Å². The lowest BCUT2D eigenvalue weighted by Gasteiger charge is -2.15. The normalized spacial score (nSPS) is 16.8. The van der Waals surface area contributed by atoms with E-state index in [2.05, 4.69) is 5.32 Å². The second-order valence-corrected chi connectivity index (χ2v) is 4.36. The first-order chi connectivity index (χ1) is 8.08. The number of carbonyl (C=O) groups is 1. The average molecular weight is 240 g/mol. The lowest BCUT2D eigenvalue weighted by molar-refractivity contribution is -0.120. The van der Waals surface area contributed by atoms with Gasteiger partial charge in [0.05, 0.1) is 0 Å². The van der Waals surface area contributed by atoms with Crippen LogP contribution in [0, 0.1) is 17.6 Å². The molecule has 1 aliphatic rings. The van der Waals surface area contributed by atoms with Gasteiger partial charge in [0.15, 0.2) is 11.6 Å². The Labute approximate surface area is 98.0 Å². The molecule has 0 heterocycles. The summed E-state index contributed by atoms with van der Waals surface area (Å²) in [7, 11) is 0. The number of nitrogens with two attached hydrogens (primary N) is 1. The van der Waals surface area contributed by atoms with Gasteiger partial charge in [-0.15, -0.1) is 0 Å². The maximum Gasteiger partial charge on any atom is 0.239 e. The smallest absolute Gasteiger partial charge is 0.239 e. The fourth-order valence-electron chi connectivity index (χ4n) is 1.68. The van der Waals surface area contributed by atoms with E-state index in [0.717, 1.165) is 25.0 Å². The number of nitrogens with one attached hydrogen (secondary N) is 1. The summed E-state index contributed by atoms with van der Waals surface area (Å²) in [6, 6.07) is 2.61. The molecule has 1 saturated carbocycles. The van der Waals surface area contributed by atoms with E-state index in [1.54, 1.807) is 0 Å². The number of hydrogen-bond donors (Lipinski definition) is 2. The number of rotatable bonds is 5. The Morgan fingerprint density at radius 1 is 1.41 bits per heavy atom. The second kappa shape index (κ2) is 4.79. The fraction of sp³-hybridized carbons (Fsp3) is 0.417. The maximum atomic E-state index is 13.1. The molecule has 3 N–H and O–H groups in total. The standard InChI is InChI=1S/C12H14F2N2O/c13-9-4-3-8(5-10(9)14)11(12(15)17)16-6-7-1-2-7/h3-5,7,11,16H,1-2,6H2,(H2,15,17). The first-order valence-corrected chi connectivity index (χ1v) is 5.55. The van der Waals surface area contributed by atoms with Crippen LogP contribution in [0.4, 0.5) is 8.78 Å². The number of halogens is 2. The highest BCUT2D eigenvalue weighted by Crippen LogP contribution is 2.28. The number of hydrogen-bond acceptors (Lipinski definition) is 2. The van der Waals surface area contributed by atoms with E-state index in [-0.39, 0.29) is 0 Å². The van der Waals surface area contributed by atoms with Crippen LogP contribution in [-0.2, 0) is 4.79 Å². The van der Waals surface area contributed by atoms with Crippen molar-refractivity contribution >= 4 is 5.91 Å². The Balaban J connectivity index is 2.12. The predicted octanol–water partition coefficient (Wildman–Crippen LogP) is 1.49. The molecule has 0 aliphatic heterocycles. The molecule has 5 heteroatoms. The monoisotopic (exact) mass is 240 g/mol. The van der Waals surface area contributed by atoms with Crippen molar-refractivity contribution in [2.75, 3.05) is 6.54 Å². The number of benzene rings is 1. The molecule has 2 rings (SSSR count). The molecule has 0 radical (unpaired) electrons. The van der Waals surface area contributed by atoms with Crippen LogP contribution >= 0.6 is 0 Å². The summed E-state index contributed by atoms with van der Waals surface area (Å²) in [5.74, 6) is -1.92. The van der Waals surface area contributed by atoms with Crippen LogP contribution in [0.3, 0.4) is 0 Å². The SMILES string of the molecule is NC(=O)C(NCC1CC1)c1ccc(F)c(F)c1. The third kappa shape index (κ3) is 3.00. The van der Waals surface area contributed by atoms with Gasteiger partial charge in [-0.05, 0) is 43.0 Å². The summed E-state index contributed by atoms with van der Waals surface area (Å²) in [6.45, 7) is 0.673. The molecule has 1 fully saturated rings. The number of carbonyl (C=O) groups excluding carboxylic acids is 1. The van der Waals surface area contributed by atoms with Gasteiger partial charge in [-0.2, -0.15) is 0 Å². The van der Waals surface area contributed by atoms with E-state index >= 15 is 0 Å².